The van der Waals surface area contributed by atoms with Crippen molar-refractivity contribution < 1.29 is 5.11 Å². The van der Waals surface area contributed by atoms with Crippen molar-refractivity contribution >= 4 is 11.3 Å². The monoisotopic (exact) mass is 242 g/mol. The standard InChI is InChI=1S/C12H22N2OS/c1-9(2)11-14-10(8-16-11)7-13-12(3,4)5-6-15/h8-9,13,15H,5-7H2,1-4H3. The molecule has 16 heavy (non-hydrogen) atoms. The Hall–Kier alpha value is -0.450. The maximum Gasteiger partial charge on any atom is 0.0954 e. The lowest BCUT2D eigenvalue weighted by Gasteiger charge is -2.24. The Labute approximate surface area is 102 Å². The molecule has 4 heteroatoms. The zero-order valence-electron chi connectivity index (χ0n) is 10.6. The quantitative estimate of drug-likeness (QED) is 0.805. The molecule has 0 aliphatic rings. The van der Waals surface area contributed by atoms with E-state index in [0.29, 0.717) is 5.92 Å². The van der Waals surface area contributed by atoms with Gasteiger partial charge in [-0.3, -0.25) is 0 Å². The van der Waals surface area contributed by atoms with Crippen LogP contribution in [0.15, 0.2) is 5.38 Å². The fourth-order valence-corrected chi connectivity index (χ4v) is 2.20. The van der Waals surface area contributed by atoms with Crippen LogP contribution in [-0.4, -0.2) is 22.2 Å². The fraction of sp³-hybridized carbons (Fsp3) is 0.750. The van der Waals surface area contributed by atoms with Gasteiger partial charge in [0.15, 0.2) is 0 Å². The molecular weight excluding hydrogens is 220 g/mol. The lowest BCUT2D eigenvalue weighted by molar-refractivity contribution is 0.229. The summed E-state index contributed by atoms with van der Waals surface area (Å²) in [6, 6.07) is 0. The Morgan fingerprint density at radius 1 is 1.50 bits per heavy atom. The topological polar surface area (TPSA) is 45.2 Å². The van der Waals surface area contributed by atoms with Gasteiger partial charge in [0.25, 0.3) is 0 Å². The number of nitrogens with one attached hydrogen (secondary N) is 1. The van der Waals surface area contributed by atoms with Crippen molar-refractivity contribution in [2.75, 3.05) is 6.61 Å². The molecule has 0 amide bonds. The molecule has 0 saturated heterocycles. The van der Waals surface area contributed by atoms with Gasteiger partial charge in [-0.05, 0) is 20.3 Å². The molecule has 1 rings (SSSR count). The molecule has 0 aliphatic carbocycles. The highest BCUT2D eigenvalue weighted by Gasteiger charge is 2.16. The summed E-state index contributed by atoms with van der Waals surface area (Å²) >= 11 is 1.72. The van der Waals surface area contributed by atoms with Crippen LogP contribution in [0.1, 0.15) is 50.7 Å². The molecule has 0 aliphatic heterocycles. The average molecular weight is 242 g/mol. The third-order valence-corrected chi connectivity index (χ3v) is 3.74. The Morgan fingerprint density at radius 2 is 2.19 bits per heavy atom. The molecule has 1 aromatic rings. The van der Waals surface area contributed by atoms with E-state index in [4.69, 9.17) is 5.11 Å². The predicted molar refractivity (Wildman–Crippen MR) is 68.8 cm³/mol. The summed E-state index contributed by atoms with van der Waals surface area (Å²) in [5.74, 6) is 0.504. The van der Waals surface area contributed by atoms with Gasteiger partial charge < -0.3 is 10.4 Å². The molecule has 0 fully saturated rings. The molecule has 0 spiro atoms. The maximum atomic E-state index is 8.92. The van der Waals surface area contributed by atoms with Crippen molar-refractivity contribution in [3.8, 4) is 0 Å². The number of hydrogen-bond donors (Lipinski definition) is 2. The first-order valence-corrected chi connectivity index (χ1v) is 6.63. The third kappa shape index (κ3) is 4.20. The van der Waals surface area contributed by atoms with Gasteiger partial charge in [0.05, 0.1) is 10.7 Å². The summed E-state index contributed by atoms with van der Waals surface area (Å²) in [6.07, 6.45) is 0.758. The van der Waals surface area contributed by atoms with Crippen LogP contribution in [0.5, 0.6) is 0 Å². The zero-order valence-corrected chi connectivity index (χ0v) is 11.4. The van der Waals surface area contributed by atoms with Crippen LogP contribution in [0.2, 0.25) is 0 Å². The van der Waals surface area contributed by atoms with E-state index in [9.17, 15) is 0 Å². The van der Waals surface area contributed by atoms with Crippen LogP contribution in [0.3, 0.4) is 0 Å². The highest BCUT2D eigenvalue weighted by atomic mass is 32.1. The van der Waals surface area contributed by atoms with Gasteiger partial charge in [-0.15, -0.1) is 11.3 Å². The van der Waals surface area contributed by atoms with Crippen molar-refractivity contribution in [1.82, 2.24) is 10.3 Å². The molecule has 1 heterocycles. The Morgan fingerprint density at radius 3 is 2.69 bits per heavy atom. The molecule has 0 radical (unpaired) electrons. The molecule has 92 valence electrons. The van der Waals surface area contributed by atoms with Gasteiger partial charge in [-0.1, -0.05) is 13.8 Å². The SMILES string of the molecule is CC(C)c1nc(CNC(C)(C)CCO)cs1. The van der Waals surface area contributed by atoms with E-state index < -0.39 is 0 Å². The largest absolute Gasteiger partial charge is 0.396 e. The van der Waals surface area contributed by atoms with Crippen molar-refractivity contribution in [2.45, 2.75) is 52.1 Å². The van der Waals surface area contributed by atoms with Crippen LogP contribution < -0.4 is 5.32 Å². The minimum Gasteiger partial charge on any atom is -0.396 e. The van der Waals surface area contributed by atoms with Crippen molar-refractivity contribution in [2.24, 2.45) is 0 Å². The summed E-state index contributed by atoms with van der Waals surface area (Å²) < 4.78 is 0. The summed E-state index contributed by atoms with van der Waals surface area (Å²) in [4.78, 5) is 4.57. The summed E-state index contributed by atoms with van der Waals surface area (Å²) in [5.41, 5.74) is 1.07. The van der Waals surface area contributed by atoms with Crippen LogP contribution >= 0.6 is 11.3 Å². The molecule has 2 N–H and O–H groups in total. The first-order chi connectivity index (χ1) is 7.44. The minimum atomic E-state index is -0.0314. The number of aromatic nitrogens is 1. The Balaban J connectivity index is 2.48. The molecule has 0 bridgehead atoms. The van der Waals surface area contributed by atoms with Crippen molar-refractivity contribution in [3.63, 3.8) is 0 Å². The van der Waals surface area contributed by atoms with Gasteiger partial charge in [0, 0.05) is 30.0 Å². The lowest BCUT2D eigenvalue weighted by Crippen LogP contribution is -2.39. The molecule has 3 nitrogen and oxygen atoms in total. The van der Waals surface area contributed by atoms with Crippen LogP contribution in [0.25, 0.3) is 0 Å². The molecule has 0 unspecified atom stereocenters. The van der Waals surface area contributed by atoms with Crippen molar-refractivity contribution in [3.05, 3.63) is 16.1 Å². The van der Waals surface area contributed by atoms with Gasteiger partial charge in [-0.25, -0.2) is 4.98 Å². The minimum absolute atomic E-state index is 0.0314. The number of rotatable bonds is 6. The second kappa shape index (κ2) is 5.75. The normalized spacial score (nSPS) is 12.4. The first kappa shape index (κ1) is 13.6. The Kier molecular flexibility index (Phi) is 4.89. The molecular formula is C12H22N2OS. The number of aliphatic hydroxyl groups excluding tert-OH is 1. The van der Waals surface area contributed by atoms with Crippen LogP contribution in [0, 0.1) is 0 Å². The Bertz CT molecular complexity index is 321. The highest BCUT2D eigenvalue weighted by Crippen LogP contribution is 2.19. The fourth-order valence-electron chi connectivity index (χ4n) is 1.37. The van der Waals surface area contributed by atoms with E-state index in [1.165, 1.54) is 5.01 Å². The van der Waals surface area contributed by atoms with Crippen molar-refractivity contribution in [1.29, 1.82) is 0 Å². The smallest absolute Gasteiger partial charge is 0.0954 e. The van der Waals surface area contributed by atoms with E-state index in [1.807, 2.05) is 0 Å². The molecule has 1 aromatic heterocycles. The first-order valence-electron chi connectivity index (χ1n) is 5.75. The van der Waals surface area contributed by atoms with Gasteiger partial charge in [0.2, 0.25) is 0 Å². The van der Waals surface area contributed by atoms with E-state index >= 15 is 0 Å². The molecule has 0 aromatic carbocycles. The van der Waals surface area contributed by atoms with Crippen LogP contribution in [0.4, 0.5) is 0 Å². The number of aliphatic hydroxyl groups is 1. The van der Waals surface area contributed by atoms with Gasteiger partial charge >= 0.3 is 0 Å². The molecule has 0 atom stereocenters. The second-order valence-corrected chi connectivity index (χ2v) is 5.93. The summed E-state index contributed by atoms with van der Waals surface area (Å²) in [7, 11) is 0. The number of hydrogen-bond acceptors (Lipinski definition) is 4. The third-order valence-electron chi connectivity index (χ3n) is 2.55. The predicted octanol–water partition coefficient (Wildman–Crippen LogP) is 2.52. The van der Waals surface area contributed by atoms with Gasteiger partial charge in [0.1, 0.15) is 0 Å². The maximum absolute atomic E-state index is 8.92. The van der Waals surface area contributed by atoms with E-state index in [0.717, 1.165) is 18.7 Å². The van der Waals surface area contributed by atoms with Crippen LogP contribution in [-0.2, 0) is 6.54 Å². The molecule has 0 saturated carbocycles. The summed E-state index contributed by atoms with van der Waals surface area (Å²) in [5, 5.41) is 15.6. The average Bonchev–Trinajstić information content (AvgIpc) is 2.63. The highest BCUT2D eigenvalue weighted by molar-refractivity contribution is 7.09. The number of thiazole rings is 1. The number of nitrogens with zero attached hydrogens (tertiary/aromatic N) is 1. The van der Waals surface area contributed by atoms with E-state index in [-0.39, 0.29) is 12.1 Å². The van der Waals surface area contributed by atoms with E-state index in [2.05, 4.69) is 43.4 Å². The summed E-state index contributed by atoms with van der Waals surface area (Å²) in [6.45, 7) is 9.50. The van der Waals surface area contributed by atoms with Gasteiger partial charge in [-0.2, -0.15) is 0 Å². The lowest BCUT2D eigenvalue weighted by atomic mass is 10.0. The van der Waals surface area contributed by atoms with E-state index in [1.54, 1.807) is 11.3 Å². The second-order valence-electron chi connectivity index (χ2n) is 5.04. The zero-order chi connectivity index (χ0) is 12.2.